The lowest BCUT2D eigenvalue weighted by Gasteiger charge is -2.35. The van der Waals surface area contributed by atoms with E-state index in [1.807, 2.05) is 20.8 Å². The molecule has 1 saturated carbocycles. The number of hydrogen-bond acceptors (Lipinski definition) is 5. The van der Waals surface area contributed by atoms with Crippen LogP contribution < -0.4 is 5.32 Å². The molecule has 1 saturated heterocycles. The molecule has 2 rings (SSSR count). The van der Waals surface area contributed by atoms with Crippen LogP contribution in [0.4, 0.5) is 0 Å². The lowest BCUT2D eigenvalue weighted by molar-refractivity contribution is -0.153. The molecule has 0 bridgehead atoms. The van der Waals surface area contributed by atoms with Gasteiger partial charge in [0.05, 0.1) is 30.1 Å². The first kappa shape index (κ1) is 23.2. The van der Waals surface area contributed by atoms with Crippen molar-refractivity contribution in [2.45, 2.75) is 97.2 Å². The lowest BCUT2D eigenvalue weighted by atomic mass is 9.69. The van der Waals surface area contributed by atoms with Crippen molar-refractivity contribution in [2.24, 2.45) is 17.8 Å². The van der Waals surface area contributed by atoms with Gasteiger partial charge in [0.15, 0.2) is 0 Å². The minimum Gasteiger partial charge on any atom is -0.469 e. The van der Waals surface area contributed by atoms with Crippen molar-refractivity contribution in [1.29, 1.82) is 0 Å². The van der Waals surface area contributed by atoms with Gasteiger partial charge in [-0.3, -0.25) is 9.59 Å². The van der Waals surface area contributed by atoms with Crippen molar-refractivity contribution in [3.05, 3.63) is 0 Å². The molecule has 1 heterocycles. The molecule has 0 aromatic heterocycles. The van der Waals surface area contributed by atoms with Crippen LogP contribution in [0.15, 0.2) is 0 Å². The maximum Gasteiger partial charge on any atom is 0.457 e. The fourth-order valence-corrected chi connectivity index (χ4v) is 4.16. The van der Waals surface area contributed by atoms with E-state index in [1.54, 1.807) is 0 Å². The van der Waals surface area contributed by atoms with Gasteiger partial charge in [-0.15, -0.1) is 0 Å². The molecule has 1 amide bonds. The monoisotopic (exact) mass is 395 g/mol. The Kier molecular flexibility index (Phi) is 6.92. The first-order valence-corrected chi connectivity index (χ1v) is 10.5. The SMILES string of the molecule is COC(=O)[C@@H]1CC[C@@H](CCB2OC(C)(C)C(C)(C)O2)C[C@@H]1C(=O)NC(C)(C)C. The summed E-state index contributed by atoms with van der Waals surface area (Å²) in [7, 11) is 1.18. The molecule has 0 aromatic rings. The van der Waals surface area contributed by atoms with Crippen LogP contribution in [0.1, 0.15) is 74.1 Å². The fraction of sp³-hybridized carbons (Fsp3) is 0.905. The third kappa shape index (κ3) is 5.50. The van der Waals surface area contributed by atoms with Gasteiger partial charge in [0, 0.05) is 5.54 Å². The molecule has 160 valence electrons. The molecular weight excluding hydrogens is 357 g/mol. The third-order valence-corrected chi connectivity index (χ3v) is 6.41. The van der Waals surface area contributed by atoms with Crippen molar-refractivity contribution >= 4 is 19.0 Å². The Balaban J connectivity index is 1.98. The predicted molar refractivity (Wildman–Crippen MR) is 110 cm³/mol. The summed E-state index contributed by atoms with van der Waals surface area (Å²) in [6.45, 7) is 14.1. The van der Waals surface area contributed by atoms with E-state index in [0.29, 0.717) is 18.8 Å². The van der Waals surface area contributed by atoms with Crippen LogP contribution in [0, 0.1) is 17.8 Å². The predicted octanol–water partition coefficient (Wildman–Crippen LogP) is 3.59. The van der Waals surface area contributed by atoms with E-state index in [1.165, 1.54) is 7.11 Å². The second-order valence-electron chi connectivity index (χ2n) is 10.4. The second-order valence-corrected chi connectivity index (χ2v) is 10.4. The minimum atomic E-state index is -0.361. The summed E-state index contributed by atoms with van der Waals surface area (Å²) in [5.74, 6) is -0.665. The lowest BCUT2D eigenvalue weighted by Crippen LogP contribution is -2.48. The first-order valence-electron chi connectivity index (χ1n) is 10.5. The van der Waals surface area contributed by atoms with E-state index in [9.17, 15) is 9.59 Å². The Morgan fingerprint density at radius 2 is 1.64 bits per heavy atom. The number of carbonyl (C=O) groups is 2. The summed E-state index contributed by atoms with van der Waals surface area (Å²) in [6.07, 6.45) is 4.01. The van der Waals surface area contributed by atoms with Crippen molar-refractivity contribution in [3.8, 4) is 0 Å². The van der Waals surface area contributed by atoms with Crippen LogP contribution in [0.2, 0.25) is 6.32 Å². The maximum atomic E-state index is 12.9. The summed E-state index contributed by atoms with van der Waals surface area (Å²) in [5, 5.41) is 3.04. The summed E-state index contributed by atoms with van der Waals surface area (Å²) in [4.78, 5) is 25.1. The Labute approximate surface area is 170 Å². The van der Waals surface area contributed by atoms with Crippen molar-refractivity contribution in [2.75, 3.05) is 7.11 Å². The zero-order chi connectivity index (χ0) is 21.3. The van der Waals surface area contributed by atoms with Gasteiger partial charge in [0.1, 0.15) is 0 Å². The molecule has 3 atom stereocenters. The molecular formula is C21H38BNO5. The number of amides is 1. The van der Waals surface area contributed by atoms with Gasteiger partial charge in [0.2, 0.25) is 5.91 Å². The molecule has 0 spiro atoms. The molecule has 2 aliphatic rings. The Bertz CT molecular complexity index is 568. The van der Waals surface area contributed by atoms with Gasteiger partial charge < -0.3 is 19.4 Å². The van der Waals surface area contributed by atoms with E-state index in [0.717, 1.165) is 19.2 Å². The molecule has 0 aromatic carbocycles. The van der Waals surface area contributed by atoms with E-state index in [4.69, 9.17) is 14.0 Å². The molecule has 0 unspecified atom stereocenters. The van der Waals surface area contributed by atoms with Crippen LogP contribution in [0.3, 0.4) is 0 Å². The number of methoxy groups -OCH3 is 1. The fourth-order valence-electron chi connectivity index (χ4n) is 4.16. The molecule has 1 aliphatic heterocycles. The zero-order valence-electron chi connectivity index (χ0n) is 18.9. The molecule has 2 fully saturated rings. The van der Waals surface area contributed by atoms with Gasteiger partial charge in [-0.05, 0) is 80.0 Å². The smallest absolute Gasteiger partial charge is 0.457 e. The summed E-state index contributed by atoms with van der Waals surface area (Å²) < 4.78 is 17.2. The highest BCUT2D eigenvalue weighted by atomic mass is 16.7. The number of rotatable bonds is 5. The van der Waals surface area contributed by atoms with E-state index >= 15 is 0 Å². The molecule has 1 aliphatic carbocycles. The van der Waals surface area contributed by atoms with Gasteiger partial charge in [-0.1, -0.05) is 6.42 Å². The molecule has 1 N–H and O–H groups in total. The number of hydrogen-bond donors (Lipinski definition) is 1. The highest BCUT2D eigenvalue weighted by molar-refractivity contribution is 6.45. The standard InChI is InChI=1S/C21H38BNO5/c1-19(2,3)23-17(24)16-13-14(9-10-15(16)18(25)26-8)11-12-22-27-20(4,5)21(6,7)28-22/h14-16H,9-13H2,1-8H3,(H,23,24)/t14-,15+,16-/m0/s1. The number of ether oxygens (including phenoxy) is 1. The average Bonchev–Trinajstić information content (AvgIpc) is 2.77. The van der Waals surface area contributed by atoms with Crippen LogP contribution >= 0.6 is 0 Å². The number of carbonyl (C=O) groups excluding carboxylic acids is 2. The summed E-state index contributed by atoms with van der Waals surface area (Å²) in [6, 6.07) is 0. The van der Waals surface area contributed by atoms with Gasteiger partial charge >= 0.3 is 13.1 Å². The Morgan fingerprint density at radius 3 is 2.14 bits per heavy atom. The van der Waals surface area contributed by atoms with E-state index in [2.05, 4.69) is 33.0 Å². The number of esters is 1. The van der Waals surface area contributed by atoms with Crippen molar-refractivity contribution < 1.29 is 23.6 Å². The average molecular weight is 395 g/mol. The normalized spacial score (nSPS) is 29.4. The Hall–Kier alpha value is -1.08. The van der Waals surface area contributed by atoms with Gasteiger partial charge in [0.25, 0.3) is 0 Å². The topological polar surface area (TPSA) is 73.9 Å². The molecule has 0 radical (unpaired) electrons. The zero-order valence-corrected chi connectivity index (χ0v) is 18.9. The summed E-state index contributed by atoms with van der Waals surface area (Å²) in [5.41, 5.74) is -0.974. The molecule has 7 heteroatoms. The number of nitrogens with one attached hydrogen (secondary N) is 1. The van der Waals surface area contributed by atoms with Crippen LogP contribution in [-0.4, -0.2) is 42.8 Å². The van der Waals surface area contributed by atoms with Gasteiger partial charge in [-0.2, -0.15) is 0 Å². The maximum absolute atomic E-state index is 12.9. The summed E-state index contributed by atoms with van der Waals surface area (Å²) >= 11 is 0. The quantitative estimate of drug-likeness (QED) is 0.569. The van der Waals surface area contributed by atoms with Crippen LogP contribution in [-0.2, 0) is 23.6 Å². The van der Waals surface area contributed by atoms with E-state index < -0.39 is 0 Å². The first-order chi connectivity index (χ1) is 12.8. The molecule has 28 heavy (non-hydrogen) atoms. The van der Waals surface area contributed by atoms with Crippen molar-refractivity contribution in [1.82, 2.24) is 5.32 Å². The second kappa shape index (κ2) is 8.35. The van der Waals surface area contributed by atoms with Crippen LogP contribution in [0.25, 0.3) is 0 Å². The minimum absolute atomic E-state index is 0.0526. The highest BCUT2D eigenvalue weighted by Crippen LogP contribution is 2.41. The van der Waals surface area contributed by atoms with Crippen LogP contribution in [0.5, 0.6) is 0 Å². The highest BCUT2D eigenvalue weighted by Gasteiger charge is 2.51. The van der Waals surface area contributed by atoms with E-state index in [-0.39, 0.29) is 47.6 Å². The third-order valence-electron chi connectivity index (χ3n) is 6.41. The molecule has 6 nitrogen and oxygen atoms in total. The van der Waals surface area contributed by atoms with Crippen molar-refractivity contribution in [3.63, 3.8) is 0 Å². The van der Waals surface area contributed by atoms with Gasteiger partial charge in [-0.25, -0.2) is 0 Å². The largest absolute Gasteiger partial charge is 0.469 e. The Morgan fingerprint density at radius 1 is 1.07 bits per heavy atom.